The van der Waals surface area contributed by atoms with Gasteiger partial charge in [-0.25, -0.2) is 4.98 Å². The zero-order valence-electron chi connectivity index (χ0n) is 12.2. The number of carboxylic acid groups (broad SMARTS) is 1. The van der Waals surface area contributed by atoms with Crippen molar-refractivity contribution in [1.82, 2.24) is 9.88 Å². The molecule has 1 aliphatic rings. The maximum absolute atomic E-state index is 12.3. The Morgan fingerprint density at radius 3 is 2.95 bits per heavy atom. The minimum Gasteiger partial charge on any atom is -0.481 e. The van der Waals surface area contributed by atoms with Crippen LogP contribution in [0.5, 0.6) is 0 Å². The number of hydrogen-bond donors (Lipinski definition) is 1. The van der Waals surface area contributed by atoms with E-state index < -0.39 is 11.9 Å². The molecule has 22 heavy (non-hydrogen) atoms. The van der Waals surface area contributed by atoms with Crippen molar-refractivity contribution in [1.29, 1.82) is 0 Å². The lowest BCUT2D eigenvalue weighted by Crippen LogP contribution is -2.42. The molecule has 3 rings (SSSR count). The molecule has 116 valence electrons. The van der Waals surface area contributed by atoms with E-state index in [0.717, 1.165) is 21.6 Å². The third-order valence-corrected chi connectivity index (χ3v) is 5.11. The smallest absolute Gasteiger partial charge is 0.308 e. The fourth-order valence-electron chi connectivity index (χ4n) is 2.80. The molecule has 1 amide bonds. The predicted molar refractivity (Wildman–Crippen MR) is 84.9 cm³/mol. The molecule has 1 unspecified atom stereocenters. The van der Waals surface area contributed by atoms with Crippen LogP contribution in [0.4, 0.5) is 0 Å². The van der Waals surface area contributed by atoms with Crippen LogP contribution in [0.2, 0.25) is 0 Å². The van der Waals surface area contributed by atoms with Gasteiger partial charge in [0.15, 0.2) is 0 Å². The van der Waals surface area contributed by atoms with E-state index in [4.69, 9.17) is 5.11 Å². The fraction of sp³-hybridized carbons (Fsp3) is 0.438. The Bertz CT molecular complexity index is 665. The lowest BCUT2D eigenvalue weighted by atomic mass is 9.98. The van der Waals surface area contributed by atoms with Crippen molar-refractivity contribution in [3.63, 3.8) is 0 Å². The molecule has 2 aromatic rings. The second-order valence-corrected chi connectivity index (χ2v) is 6.71. The van der Waals surface area contributed by atoms with Gasteiger partial charge in [-0.3, -0.25) is 9.59 Å². The van der Waals surface area contributed by atoms with Crippen LogP contribution in [0.1, 0.15) is 24.3 Å². The zero-order valence-corrected chi connectivity index (χ0v) is 13.0. The monoisotopic (exact) mass is 318 g/mol. The van der Waals surface area contributed by atoms with E-state index in [1.807, 2.05) is 24.3 Å². The van der Waals surface area contributed by atoms with Gasteiger partial charge in [-0.2, -0.15) is 0 Å². The fourth-order valence-corrected chi connectivity index (χ4v) is 3.77. The molecular formula is C16H18N2O3S. The van der Waals surface area contributed by atoms with Crippen LogP contribution in [0, 0.1) is 5.92 Å². The summed E-state index contributed by atoms with van der Waals surface area (Å²) in [7, 11) is 0. The van der Waals surface area contributed by atoms with E-state index in [1.54, 1.807) is 16.2 Å². The number of para-hydroxylation sites is 1. The third kappa shape index (κ3) is 3.27. The molecule has 0 bridgehead atoms. The quantitative estimate of drug-likeness (QED) is 0.940. The molecule has 5 nitrogen and oxygen atoms in total. The Kier molecular flexibility index (Phi) is 4.38. The van der Waals surface area contributed by atoms with Crippen molar-refractivity contribution < 1.29 is 14.7 Å². The number of hydrogen-bond acceptors (Lipinski definition) is 4. The van der Waals surface area contributed by atoms with Gasteiger partial charge in [0.1, 0.15) is 0 Å². The molecule has 1 saturated heterocycles. The largest absolute Gasteiger partial charge is 0.481 e. The van der Waals surface area contributed by atoms with E-state index in [-0.39, 0.29) is 5.91 Å². The van der Waals surface area contributed by atoms with Crippen molar-refractivity contribution in [3.05, 3.63) is 29.3 Å². The Hall–Kier alpha value is -1.95. The third-order valence-electron chi connectivity index (χ3n) is 4.01. The maximum atomic E-state index is 12.3. The summed E-state index contributed by atoms with van der Waals surface area (Å²) in [6.07, 6.45) is 2.44. The van der Waals surface area contributed by atoms with Crippen molar-refractivity contribution in [3.8, 4) is 0 Å². The maximum Gasteiger partial charge on any atom is 0.308 e. The highest BCUT2D eigenvalue weighted by molar-refractivity contribution is 7.18. The first-order valence-electron chi connectivity index (χ1n) is 7.48. The summed E-state index contributed by atoms with van der Waals surface area (Å²) in [5, 5.41) is 10.0. The summed E-state index contributed by atoms with van der Waals surface area (Å²) in [6.45, 7) is 1.01. The molecule has 1 aromatic heterocycles. The summed E-state index contributed by atoms with van der Waals surface area (Å²) in [4.78, 5) is 29.5. The summed E-state index contributed by atoms with van der Waals surface area (Å²) >= 11 is 1.62. The number of thiazole rings is 1. The number of likely N-dealkylation sites (tertiary alicyclic amines) is 1. The highest BCUT2D eigenvalue weighted by atomic mass is 32.1. The van der Waals surface area contributed by atoms with E-state index in [9.17, 15) is 9.59 Å². The number of benzene rings is 1. The van der Waals surface area contributed by atoms with E-state index in [2.05, 4.69) is 4.98 Å². The van der Waals surface area contributed by atoms with E-state index in [1.165, 1.54) is 0 Å². The van der Waals surface area contributed by atoms with Gasteiger partial charge in [-0.15, -0.1) is 11.3 Å². The standard InChI is InChI=1S/C16H18N2O3S/c19-15(18-9-3-4-11(10-18)16(20)21)8-7-14-17-12-5-1-2-6-13(12)22-14/h1-2,5-6,11H,3-4,7-10H2,(H,20,21). The van der Waals surface area contributed by atoms with Crippen LogP contribution in [0.15, 0.2) is 24.3 Å². The average molecular weight is 318 g/mol. The van der Waals surface area contributed by atoms with E-state index in [0.29, 0.717) is 32.4 Å². The Morgan fingerprint density at radius 1 is 1.36 bits per heavy atom. The van der Waals surface area contributed by atoms with Crippen LogP contribution in [0.3, 0.4) is 0 Å². The number of amides is 1. The van der Waals surface area contributed by atoms with Gasteiger partial charge >= 0.3 is 5.97 Å². The number of rotatable bonds is 4. The number of carbonyl (C=O) groups is 2. The molecule has 0 spiro atoms. The number of aliphatic carboxylic acids is 1. The molecule has 0 saturated carbocycles. The molecule has 1 N–H and O–H groups in total. The summed E-state index contributed by atoms with van der Waals surface area (Å²) < 4.78 is 1.13. The first-order valence-corrected chi connectivity index (χ1v) is 8.30. The Morgan fingerprint density at radius 2 is 2.18 bits per heavy atom. The molecule has 6 heteroatoms. The van der Waals surface area contributed by atoms with Crippen molar-refractivity contribution >= 4 is 33.4 Å². The van der Waals surface area contributed by atoms with Crippen LogP contribution in [-0.4, -0.2) is 40.0 Å². The van der Waals surface area contributed by atoms with Crippen LogP contribution in [-0.2, 0) is 16.0 Å². The van der Waals surface area contributed by atoms with Gasteiger partial charge in [0, 0.05) is 25.9 Å². The molecule has 1 fully saturated rings. The van der Waals surface area contributed by atoms with Gasteiger partial charge in [-0.1, -0.05) is 12.1 Å². The van der Waals surface area contributed by atoms with Gasteiger partial charge in [-0.05, 0) is 25.0 Å². The predicted octanol–water partition coefficient (Wildman–Crippen LogP) is 2.55. The summed E-state index contributed by atoms with van der Waals surface area (Å²) in [5.41, 5.74) is 0.971. The van der Waals surface area contributed by atoms with Gasteiger partial charge in [0.25, 0.3) is 0 Å². The van der Waals surface area contributed by atoms with Crippen LogP contribution < -0.4 is 0 Å². The zero-order chi connectivity index (χ0) is 15.5. The Labute approximate surface area is 132 Å². The first kappa shape index (κ1) is 15.0. The highest BCUT2D eigenvalue weighted by Gasteiger charge is 2.27. The SMILES string of the molecule is O=C(O)C1CCCN(C(=O)CCc2nc3ccccc3s2)C1. The molecule has 0 radical (unpaired) electrons. The number of aromatic nitrogens is 1. The number of nitrogens with zero attached hydrogens (tertiary/aromatic N) is 2. The molecule has 0 aliphatic carbocycles. The topological polar surface area (TPSA) is 70.5 Å². The second-order valence-electron chi connectivity index (χ2n) is 5.59. The van der Waals surface area contributed by atoms with Gasteiger partial charge in [0.2, 0.25) is 5.91 Å². The van der Waals surface area contributed by atoms with Crippen molar-refractivity contribution in [2.24, 2.45) is 5.92 Å². The van der Waals surface area contributed by atoms with Crippen LogP contribution in [0.25, 0.3) is 10.2 Å². The summed E-state index contributed by atoms with van der Waals surface area (Å²) in [5.74, 6) is -1.19. The van der Waals surface area contributed by atoms with Crippen LogP contribution >= 0.6 is 11.3 Å². The average Bonchev–Trinajstić information content (AvgIpc) is 2.95. The number of aryl methyl sites for hydroxylation is 1. The lowest BCUT2D eigenvalue weighted by molar-refractivity contribution is -0.145. The minimum absolute atomic E-state index is 0.0326. The molecule has 2 heterocycles. The molecule has 1 aliphatic heterocycles. The second kappa shape index (κ2) is 6.44. The lowest BCUT2D eigenvalue weighted by Gasteiger charge is -2.30. The van der Waals surface area contributed by atoms with E-state index >= 15 is 0 Å². The van der Waals surface area contributed by atoms with Gasteiger partial charge in [0.05, 0.1) is 21.1 Å². The van der Waals surface area contributed by atoms with Gasteiger partial charge < -0.3 is 10.0 Å². The normalized spacial score (nSPS) is 18.5. The molecule has 1 aromatic carbocycles. The molecular weight excluding hydrogens is 300 g/mol. The molecule has 1 atom stereocenters. The number of fused-ring (bicyclic) bond motifs is 1. The van der Waals surface area contributed by atoms with Crippen molar-refractivity contribution in [2.75, 3.05) is 13.1 Å². The minimum atomic E-state index is -0.802. The highest BCUT2D eigenvalue weighted by Crippen LogP contribution is 2.23. The van der Waals surface area contributed by atoms with Crippen molar-refractivity contribution in [2.45, 2.75) is 25.7 Å². The number of piperidine rings is 1. The summed E-state index contributed by atoms with van der Waals surface area (Å²) in [6, 6.07) is 7.94. The number of carboxylic acids is 1. The first-order chi connectivity index (χ1) is 10.6. The number of carbonyl (C=O) groups excluding carboxylic acids is 1. The Balaban J connectivity index is 1.58.